The van der Waals surface area contributed by atoms with Gasteiger partial charge in [0.2, 0.25) is 0 Å². The van der Waals surface area contributed by atoms with Gasteiger partial charge in [-0.2, -0.15) is 0 Å². The minimum atomic E-state index is -0.833. The van der Waals surface area contributed by atoms with E-state index in [4.69, 9.17) is 27.5 Å². The topological polar surface area (TPSA) is 112 Å². The first-order valence-corrected chi connectivity index (χ1v) is 12.6. The van der Waals surface area contributed by atoms with Gasteiger partial charge in [0.15, 0.2) is 0 Å². The molecule has 0 fully saturated rings. The lowest BCUT2D eigenvalue weighted by Crippen LogP contribution is -2.11. The molecule has 1 rings (SSSR count). The van der Waals surface area contributed by atoms with E-state index in [-0.39, 0.29) is 5.25 Å². The highest BCUT2D eigenvalue weighted by Gasteiger charge is 2.13. The van der Waals surface area contributed by atoms with Gasteiger partial charge in [-0.3, -0.25) is 9.79 Å². The summed E-state index contributed by atoms with van der Waals surface area (Å²) in [5, 5.41) is 18.2. The summed E-state index contributed by atoms with van der Waals surface area (Å²) < 4.78 is 0. The molecule has 7 heteroatoms. The average Bonchev–Trinajstić information content (AvgIpc) is 2.88. The summed E-state index contributed by atoms with van der Waals surface area (Å²) in [6.45, 7) is 13.8. The quantitative estimate of drug-likeness (QED) is 0.0872. The maximum atomic E-state index is 9.00. The molecule has 0 aliphatic carbocycles. The molecule has 0 bridgehead atoms. The first-order valence-electron chi connectivity index (χ1n) is 11.8. The second-order valence-electron chi connectivity index (χ2n) is 7.59. The number of aliphatic imine (C=N–C) groups is 1. The predicted molar refractivity (Wildman–Crippen MR) is 163 cm³/mol. The van der Waals surface area contributed by atoms with Crippen molar-refractivity contribution < 1.29 is 9.90 Å². The summed E-state index contributed by atoms with van der Waals surface area (Å²) >= 11 is 1.75. The van der Waals surface area contributed by atoms with Crippen LogP contribution in [-0.2, 0) is 4.79 Å². The molecule has 1 aromatic carbocycles. The van der Waals surface area contributed by atoms with Gasteiger partial charge in [0.05, 0.1) is 0 Å². The molecule has 0 saturated carbocycles. The van der Waals surface area contributed by atoms with Crippen molar-refractivity contribution in [3.8, 4) is 12.3 Å². The van der Waals surface area contributed by atoms with E-state index in [2.05, 4.69) is 41.9 Å². The Morgan fingerprint density at radius 3 is 2.49 bits per heavy atom. The molecule has 0 radical (unpaired) electrons. The maximum Gasteiger partial charge on any atom is 0.300 e. The van der Waals surface area contributed by atoms with E-state index in [1.54, 1.807) is 18.0 Å². The number of carboxylic acids is 1. The number of thioether (sulfide) groups is 1. The molecular weight excluding hydrogens is 480 g/mol. The van der Waals surface area contributed by atoms with Gasteiger partial charge in [-0.15, -0.1) is 18.2 Å². The van der Waals surface area contributed by atoms with Crippen LogP contribution in [0.3, 0.4) is 0 Å². The van der Waals surface area contributed by atoms with E-state index in [9.17, 15) is 0 Å². The third-order valence-electron chi connectivity index (χ3n) is 4.54. The van der Waals surface area contributed by atoms with E-state index < -0.39 is 5.97 Å². The number of aliphatic carboxylic acids is 1. The van der Waals surface area contributed by atoms with Crippen LogP contribution in [0.15, 0.2) is 87.6 Å². The minimum absolute atomic E-state index is 0.218. The lowest BCUT2D eigenvalue weighted by atomic mass is 10.1. The number of nitrogens with zero attached hydrogens (tertiary/aromatic N) is 1. The highest BCUT2D eigenvalue weighted by atomic mass is 32.2. The number of carboxylic acid groups (broad SMARTS) is 1. The van der Waals surface area contributed by atoms with Crippen LogP contribution in [0.25, 0.3) is 6.08 Å². The normalized spacial score (nSPS) is 12.9. The molecule has 0 amide bonds. The van der Waals surface area contributed by atoms with E-state index in [1.165, 1.54) is 11.1 Å². The monoisotopic (exact) mass is 522 g/mol. The molecule has 0 saturated heterocycles. The summed E-state index contributed by atoms with van der Waals surface area (Å²) in [6, 6.07) is 8.18. The molecule has 37 heavy (non-hydrogen) atoms. The van der Waals surface area contributed by atoms with Crippen molar-refractivity contribution in [3.63, 3.8) is 0 Å². The molecule has 0 heterocycles. The van der Waals surface area contributed by atoms with E-state index in [1.807, 2.05) is 70.5 Å². The Hall–Kier alpha value is -3.60. The number of nitrogens with one attached hydrogen (secondary N) is 2. The molecule has 5 N–H and O–H groups in total. The summed E-state index contributed by atoms with van der Waals surface area (Å²) in [4.78, 5) is 14.2. The van der Waals surface area contributed by atoms with Gasteiger partial charge in [0.25, 0.3) is 5.97 Å². The molecule has 0 aromatic heterocycles. The fourth-order valence-corrected chi connectivity index (χ4v) is 3.51. The molecule has 0 spiro atoms. The largest absolute Gasteiger partial charge is 0.481 e. The number of rotatable bonds is 11. The Kier molecular flexibility index (Phi) is 22.0. The number of allylic oxidation sites excluding steroid dienone is 5. The number of benzene rings is 1. The molecule has 1 atom stereocenters. The summed E-state index contributed by atoms with van der Waals surface area (Å²) in [5.41, 5.74) is 10.7. The van der Waals surface area contributed by atoms with Gasteiger partial charge in [0.1, 0.15) is 0 Å². The van der Waals surface area contributed by atoms with Crippen molar-refractivity contribution in [2.75, 3.05) is 13.6 Å². The molecule has 200 valence electrons. The van der Waals surface area contributed by atoms with Crippen LogP contribution in [0.1, 0.15) is 46.6 Å². The molecule has 6 nitrogen and oxygen atoms in total. The van der Waals surface area contributed by atoms with E-state index in [0.717, 1.165) is 42.2 Å². The SMILES string of the molecule is C#C/C(C)=C\N=CCCNC.C=Cc1ccccc1SC(C)/C(C)=C(N)/C(C=N)=C\C=C/C.CC(=O)O. The lowest BCUT2D eigenvalue weighted by molar-refractivity contribution is -0.134. The minimum Gasteiger partial charge on any atom is -0.481 e. The molecular formula is C30H42N4O2S. The van der Waals surface area contributed by atoms with Crippen LogP contribution in [0.5, 0.6) is 0 Å². The Balaban J connectivity index is 0. The second kappa shape index (κ2) is 22.8. The maximum absolute atomic E-state index is 9.00. The van der Waals surface area contributed by atoms with Crippen molar-refractivity contribution in [3.05, 3.63) is 83.3 Å². The number of nitrogens with two attached hydrogens (primary N) is 1. The summed E-state index contributed by atoms with van der Waals surface area (Å²) in [5.74, 6) is 1.65. The predicted octanol–water partition coefficient (Wildman–Crippen LogP) is 6.49. The lowest BCUT2D eigenvalue weighted by Gasteiger charge is -2.17. The number of hydrogen-bond donors (Lipinski definition) is 4. The van der Waals surface area contributed by atoms with Gasteiger partial charge in [-0.25, -0.2) is 0 Å². The molecule has 1 aromatic rings. The molecule has 1 unspecified atom stereocenters. The van der Waals surface area contributed by atoms with Crippen molar-refractivity contribution in [2.45, 2.75) is 51.2 Å². The fourth-order valence-electron chi connectivity index (χ4n) is 2.38. The first-order chi connectivity index (χ1) is 17.6. The van der Waals surface area contributed by atoms with Gasteiger partial charge in [-0.05, 0) is 64.9 Å². The smallest absolute Gasteiger partial charge is 0.300 e. The van der Waals surface area contributed by atoms with Gasteiger partial charge >= 0.3 is 0 Å². The summed E-state index contributed by atoms with van der Waals surface area (Å²) in [6.07, 6.45) is 18.4. The van der Waals surface area contributed by atoms with Crippen molar-refractivity contribution in [1.82, 2.24) is 5.32 Å². The Morgan fingerprint density at radius 1 is 1.35 bits per heavy atom. The van der Waals surface area contributed by atoms with Crippen LogP contribution in [0.2, 0.25) is 0 Å². The Morgan fingerprint density at radius 2 is 1.97 bits per heavy atom. The van der Waals surface area contributed by atoms with Gasteiger partial charge < -0.3 is 21.6 Å². The summed E-state index contributed by atoms with van der Waals surface area (Å²) in [7, 11) is 1.91. The molecule has 0 aliphatic heterocycles. The van der Waals surface area contributed by atoms with Crippen LogP contribution in [0, 0.1) is 17.8 Å². The highest BCUT2D eigenvalue weighted by molar-refractivity contribution is 8.00. The highest BCUT2D eigenvalue weighted by Crippen LogP contribution is 2.32. The number of hydrogen-bond acceptors (Lipinski definition) is 6. The third kappa shape index (κ3) is 18.3. The number of carbonyl (C=O) groups is 1. The zero-order valence-corrected chi connectivity index (χ0v) is 23.7. The van der Waals surface area contributed by atoms with Gasteiger partial charge in [-0.1, -0.05) is 55.0 Å². The zero-order chi connectivity index (χ0) is 28.6. The van der Waals surface area contributed by atoms with Crippen LogP contribution >= 0.6 is 11.8 Å². The van der Waals surface area contributed by atoms with Gasteiger partial charge in [0, 0.05) is 52.5 Å². The Bertz CT molecular complexity index is 1040. The number of terminal acetylenes is 1. The van der Waals surface area contributed by atoms with Crippen LogP contribution in [-0.4, -0.2) is 42.3 Å². The fraction of sp³-hybridized carbons (Fsp3) is 0.300. The Labute approximate surface area is 227 Å². The first kappa shape index (κ1) is 35.6. The zero-order valence-electron chi connectivity index (χ0n) is 22.9. The van der Waals surface area contributed by atoms with Crippen LogP contribution in [0.4, 0.5) is 0 Å². The van der Waals surface area contributed by atoms with Crippen molar-refractivity contribution in [2.24, 2.45) is 10.7 Å². The molecule has 0 aliphatic rings. The van der Waals surface area contributed by atoms with Crippen molar-refractivity contribution in [1.29, 1.82) is 5.41 Å². The van der Waals surface area contributed by atoms with Crippen molar-refractivity contribution >= 4 is 36.2 Å². The standard InChI is InChI=1S/C19H24N2S.C9H14N2.C2H4O2/c1-5-7-10-17(13-20)19(21)14(3)15(4)22-18-12-9-8-11-16(18)6-2;1-4-9(2)8-11-7-5-6-10-3;1-2(3)4/h5-13,15,20H,2,21H2,1,3-4H3;1,7-8,10H,5-6H2,2-3H3;1H3,(H,3,4)/b7-5-,17-10-,19-14-,20-13?;9-8-,11-7?;. The average molecular weight is 523 g/mol. The second-order valence-corrected chi connectivity index (χ2v) is 8.97. The third-order valence-corrected chi connectivity index (χ3v) is 5.87. The van der Waals surface area contributed by atoms with Crippen LogP contribution < -0.4 is 11.1 Å². The van der Waals surface area contributed by atoms with E-state index >= 15 is 0 Å². The van der Waals surface area contributed by atoms with E-state index in [0.29, 0.717) is 5.70 Å².